The molecule has 2 aromatic carbocycles. The molecule has 0 aliphatic heterocycles. The summed E-state index contributed by atoms with van der Waals surface area (Å²) in [5.74, 6) is -0.438. The number of hydrogen-bond acceptors (Lipinski definition) is 5. The lowest BCUT2D eigenvalue weighted by molar-refractivity contribution is -0.144. The van der Waals surface area contributed by atoms with E-state index in [0.717, 1.165) is 5.52 Å². The Hall–Kier alpha value is -3.22. The van der Waals surface area contributed by atoms with Gasteiger partial charge in [-0.1, -0.05) is 52.8 Å². The van der Waals surface area contributed by atoms with Crippen LogP contribution >= 0.6 is 0 Å². The number of nitrogens with two attached hydrogens (primary N) is 1. The predicted molar refractivity (Wildman–Crippen MR) is 80.8 cm³/mol. The van der Waals surface area contributed by atoms with Crippen molar-refractivity contribution in [3.8, 4) is 0 Å². The van der Waals surface area contributed by atoms with Gasteiger partial charge >= 0.3 is 5.97 Å². The first-order valence-corrected chi connectivity index (χ1v) is 6.61. The van der Waals surface area contributed by atoms with Crippen molar-refractivity contribution in [2.75, 3.05) is 0 Å². The highest BCUT2D eigenvalue weighted by molar-refractivity contribution is 5.97. The van der Waals surface area contributed by atoms with Gasteiger partial charge < -0.3 is 10.6 Å². The van der Waals surface area contributed by atoms with Crippen LogP contribution in [0.1, 0.15) is 5.56 Å². The number of aromatic nitrogens is 3. The zero-order chi connectivity index (χ0) is 15.4. The summed E-state index contributed by atoms with van der Waals surface area (Å²) in [5, 5.41) is 11.5. The van der Waals surface area contributed by atoms with Gasteiger partial charge in [-0.15, -0.1) is 5.10 Å². The molecule has 0 radical (unpaired) electrons. The van der Waals surface area contributed by atoms with Crippen molar-refractivity contribution < 1.29 is 9.63 Å². The highest BCUT2D eigenvalue weighted by Crippen LogP contribution is 2.09. The Bertz CT molecular complexity index is 826. The molecule has 0 saturated carbocycles. The number of para-hydroxylation sites is 1. The Balaban J connectivity index is 1.68. The van der Waals surface area contributed by atoms with Gasteiger partial charge in [-0.3, -0.25) is 0 Å². The lowest BCUT2D eigenvalue weighted by Crippen LogP contribution is -2.17. The van der Waals surface area contributed by atoms with Gasteiger partial charge in [0.1, 0.15) is 12.1 Å². The van der Waals surface area contributed by atoms with Crippen LogP contribution in [0.5, 0.6) is 0 Å². The predicted octanol–water partition coefficient (Wildman–Crippen LogP) is 1.29. The molecule has 1 aromatic heterocycles. The number of amidine groups is 1. The summed E-state index contributed by atoms with van der Waals surface area (Å²) in [6.45, 7) is -0.0912. The summed E-state index contributed by atoms with van der Waals surface area (Å²) >= 11 is 0. The van der Waals surface area contributed by atoms with Gasteiger partial charge in [0, 0.05) is 5.56 Å². The molecular weight excluding hydrogens is 282 g/mol. The van der Waals surface area contributed by atoms with Gasteiger partial charge in [0.15, 0.2) is 5.84 Å². The van der Waals surface area contributed by atoms with E-state index in [-0.39, 0.29) is 12.4 Å². The van der Waals surface area contributed by atoms with Crippen LogP contribution in [0.4, 0.5) is 0 Å². The fourth-order valence-corrected chi connectivity index (χ4v) is 1.95. The van der Waals surface area contributed by atoms with Crippen LogP contribution in [0.2, 0.25) is 0 Å². The summed E-state index contributed by atoms with van der Waals surface area (Å²) < 4.78 is 1.45. The van der Waals surface area contributed by atoms with E-state index in [9.17, 15) is 4.79 Å². The molecule has 7 heteroatoms. The van der Waals surface area contributed by atoms with E-state index in [1.165, 1.54) is 4.68 Å². The maximum Gasteiger partial charge on any atom is 0.356 e. The Morgan fingerprint density at radius 3 is 2.68 bits per heavy atom. The lowest BCUT2D eigenvalue weighted by atomic mass is 10.2. The molecule has 110 valence electrons. The molecule has 22 heavy (non-hydrogen) atoms. The SMILES string of the molecule is N/C(=N\OC(=O)Cn1nnc2ccccc21)c1ccccc1. The van der Waals surface area contributed by atoms with E-state index < -0.39 is 5.97 Å². The third kappa shape index (κ3) is 2.93. The molecule has 3 rings (SSSR count). The number of hydrogen-bond donors (Lipinski definition) is 1. The molecule has 3 aromatic rings. The Morgan fingerprint density at radius 2 is 1.86 bits per heavy atom. The highest BCUT2D eigenvalue weighted by Gasteiger charge is 2.10. The monoisotopic (exact) mass is 295 g/mol. The highest BCUT2D eigenvalue weighted by atomic mass is 16.7. The molecule has 0 saturated heterocycles. The van der Waals surface area contributed by atoms with Crippen molar-refractivity contribution in [1.29, 1.82) is 0 Å². The molecule has 0 aliphatic rings. The van der Waals surface area contributed by atoms with E-state index in [1.807, 2.05) is 42.5 Å². The maximum absolute atomic E-state index is 11.8. The number of oxime groups is 1. The average molecular weight is 295 g/mol. The summed E-state index contributed by atoms with van der Waals surface area (Å²) in [4.78, 5) is 16.6. The number of benzene rings is 2. The fourth-order valence-electron chi connectivity index (χ4n) is 1.95. The second-order valence-corrected chi connectivity index (χ2v) is 4.54. The van der Waals surface area contributed by atoms with Crippen molar-refractivity contribution in [3.63, 3.8) is 0 Å². The zero-order valence-electron chi connectivity index (χ0n) is 11.6. The van der Waals surface area contributed by atoms with Gasteiger partial charge in [0.25, 0.3) is 0 Å². The van der Waals surface area contributed by atoms with Crippen LogP contribution in [-0.4, -0.2) is 26.8 Å². The molecule has 0 aliphatic carbocycles. The standard InChI is InChI=1S/C15H13N5O2/c16-15(11-6-2-1-3-7-11)18-22-14(21)10-20-13-9-5-4-8-12(13)17-19-20/h1-9H,10H2,(H2,16,18). The van der Waals surface area contributed by atoms with Crippen LogP contribution in [0.25, 0.3) is 11.0 Å². The van der Waals surface area contributed by atoms with Crippen molar-refractivity contribution in [1.82, 2.24) is 15.0 Å². The Morgan fingerprint density at radius 1 is 1.14 bits per heavy atom. The minimum atomic E-state index is -0.575. The normalized spacial score (nSPS) is 11.5. The Kier molecular flexibility index (Phi) is 3.78. The van der Waals surface area contributed by atoms with E-state index in [0.29, 0.717) is 11.1 Å². The van der Waals surface area contributed by atoms with Gasteiger partial charge in [0.2, 0.25) is 0 Å². The number of rotatable bonds is 4. The smallest absolute Gasteiger partial charge is 0.356 e. The van der Waals surface area contributed by atoms with E-state index in [1.54, 1.807) is 12.1 Å². The summed E-state index contributed by atoms with van der Waals surface area (Å²) in [6, 6.07) is 16.4. The van der Waals surface area contributed by atoms with Gasteiger partial charge in [0.05, 0.1) is 5.52 Å². The van der Waals surface area contributed by atoms with Crippen molar-refractivity contribution in [3.05, 3.63) is 60.2 Å². The molecule has 2 N–H and O–H groups in total. The molecular formula is C15H13N5O2. The first-order valence-electron chi connectivity index (χ1n) is 6.61. The fraction of sp³-hybridized carbons (Fsp3) is 0.0667. The van der Waals surface area contributed by atoms with Gasteiger partial charge in [-0.2, -0.15) is 0 Å². The van der Waals surface area contributed by atoms with E-state index in [4.69, 9.17) is 10.6 Å². The van der Waals surface area contributed by atoms with Crippen molar-refractivity contribution in [2.24, 2.45) is 10.9 Å². The number of carbonyl (C=O) groups is 1. The minimum Gasteiger partial charge on any atom is -0.380 e. The molecule has 0 fully saturated rings. The molecule has 1 heterocycles. The second-order valence-electron chi connectivity index (χ2n) is 4.54. The molecule has 0 amide bonds. The van der Waals surface area contributed by atoms with Gasteiger partial charge in [-0.25, -0.2) is 9.48 Å². The van der Waals surface area contributed by atoms with Crippen LogP contribution in [-0.2, 0) is 16.2 Å². The van der Waals surface area contributed by atoms with Gasteiger partial charge in [-0.05, 0) is 12.1 Å². The third-order valence-corrected chi connectivity index (χ3v) is 3.01. The first kappa shape index (κ1) is 13.7. The third-order valence-electron chi connectivity index (χ3n) is 3.01. The van der Waals surface area contributed by atoms with Crippen LogP contribution in [0.3, 0.4) is 0 Å². The van der Waals surface area contributed by atoms with E-state index in [2.05, 4.69) is 15.5 Å². The number of fused-ring (bicyclic) bond motifs is 1. The molecule has 0 atom stereocenters. The minimum absolute atomic E-state index is 0.0912. The summed E-state index contributed by atoms with van der Waals surface area (Å²) in [6.07, 6.45) is 0. The van der Waals surface area contributed by atoms with Crippen LogP contribution in [0.15, 0.2) is 59.8 Å². The summed E-state index contributed by atoms with van der Waals surface area (Å²) in [5.41, 5.74) is 7.89. The zero-order valence-corrected chi connectivity index (χ0v) is 11.6. The molecule has 0 spiro atoms. The maximum atomic E-state index is 11.8. The second kappa shape index (κ2) is 6.04. The molecule has 0 bridgehead atoms. The van der Waals surface area contributed by atoms with Crippen LogP contribution in [0, 0.1) is 0 Å². The molecule has 0 unspecified atom stereocenters. The Labute approximate surface area is 126 Å². The number of nitrogens with zero attached hydrogens (tertiary/aromatic N) is 4. The largest absolute Gasteiger partial charge is 0.380 e. The lowest BCUT2D eigenvalue weighted by Gasteiger charge is -2.02. The quantitative estimate of drug-likeness (QED) is 0.339. The first-order chi connectivity index (χ1) is 10.7. The van der Waals surface area contributed by atoms with Crippen molar-refractivity contribution >= 4 is 22.8 Å². The van der Waals surface area contributed by atoms with E-state index >= 15 is 0 Å². The molecule has 7 nitrogen and oxygen atoms in total. The number of carbonyl (C=O) groups excluding carboxylic acids is 1. The summed E-state index contributed by atoms with van der Waals surface area (Å²) in [7, 11) is 0. The van der Waals surface area contributed by atoms with Crippen LogP contribution < -0.4 is 5.73 Å². The average Bonchev–Trinajstić information content (AvgIpc) is 2.97. The van der Waals surface area contributed by atoms with Crippen molar-refractivity contribution in [2.45, 2.75) is 6.54 Å². The topological polar surface area (TPSA) is 95.4 Å².